The molecule has 1 amide bonds. The van der Waals surface area contributed by atoms with Crippen molar-refractivity contribution in [1.82, 2.24) is 15.0 Å². The van der Waals surface area contributed by atoms with Crippen LogP contribution in [0.15, 0.2) is 24.7 Å². The summed E-state index contributed by atoms with van der Waals surface area (Å²) >= 11 is 0. The van der Waals surface area contributed by atoms with Crippen LogP contribution in [-0.4, -0.2) is 27.4 Å². The first-order valence-electron chi connectivity index (χ1n) is 5.44. The lowest BCUT2D eigenvalue weighted by Gasteiger charge is -2.08. The number of nitrogens with one attached hydrogen (secondary N) is 2. The first-order valence-corrected chi connectivity index (χ1v) is 5.44. The van der Waals surface area contributed by atoms with Gasteiger partial charge in [-0.15, -0.1) is 0 Å². The molecule has 0 saturated heterocycles. The lowest BCUT2D eigenvalue weighted by molar-refractivity contribution is 0.100. The molecule has 6 N–H and O–H groups in total. The van der Waals surface area contributed by atoms with E-state index in [0.717, 1.165) is 5.82 Å². The van der Waals surface area contributed by atoms with Gasteiger partial charge < -0.3 is 21.8 Å². The molecule has 0 aliphatic carbocycles. The fraction of sp³-hybridized carbons (Fsp3) is 0.182. The molecule has 18 heavy (non-hydrogen) atoms. The van der Waals surface area contributed by atoms with E-state index < -0.39 is 5.91 Å². The summed E-state index contributed by atoms with van der Waals surface area (Å²) < 4.78 is 0. The number of nitrogen functional groups attached to an aromatic ring is 1. The quantitative estimate of drug-likeness (QED) is 0.597. The van der Waals surface area contributed by atoms with Gasteiger partial charge in [0.1, 0.15) is 11.6 Å². The van der Waals surface area contributed by atoms with Crippen molar-refractivity contribution < 1.29 is 4.79 Å². The predicted octanol–water partition coefficient (Wildman–Crippen LogP) is 0.140. The molecule has 0 saturated carbocycles. The molecule has 0 bridgehead atoms. The fourth-order valence-electron chi connectivity index (χ4n) is 1.54. The molecule has 0 atom stereocenters. The van der Waals surface area contributed by atoms with E-state index in [-0.39, 0.29) is 5.56 Å². The Labute approximate surface area is 104 Å². The highest BCUT2D eigenvalue weighted by molar-refractivity contribution is 5.98. The third-order valence-corrected chi connectivity index (χ3v) is 2.38. The topological polar surface area (TPSA) is 123 Å². The average molecular weight is 246 g/mol. The molecule has 0 radical (unpaired) electrons. The van der Waals surface area contributed by atoms with Crippen molar-refractivity contribution in [2.24, 2.45) is 5.73 Å². The summed E-state index contributed by atoms with van der Waals surface area (Å²) in [6, 6.07) is 1.50. The number of hydrogen-bond donors (Lipinski definition) is 4. The van der Waals surface area contributed by atoms with E-state index in [1.54, 1.807) is 12.4 Å². The van der Waals surface area contributed by atoms with Gasteiger partial charge in [-0.05, 0) is 6.07 Å². The molecule has 2 aromatic heterocycles. The summed E-state index contributed by atoms with van der Waals surface area (Å²) in [5, 5.41) is 3.03. The Hall–Kier alpha value is -2.57. The summed E-state index contributed by atoms with van der Waals surface area (Å²) in [6.07, 6.45) is 5.61. The lowest BCUT2D eigenvalue weighted by Crippen LogP contribution is -2.17. The molecule has 7 nitrogen and oxygen atoms in total. The van der Waals surface area contributed by atoms with E-state index in [1.165, 1.54) is 12.3 Å². The van der Waals surface area contributed by atoms with Crippen molar-refractivity contribution in [3.63, 3.8) is 0 Å². The van der Waals surface area contributed by atoms with Crippen LogP contribution in [0.5, 0.6) is 0 Å². The van der Waals surface area contributed by atoms with Crippen LogP contribution in [0.1, 0.15) is 16.2 Å². The van der Waals surface area contributed by atoms with Crippen molar-refractivity contribution in [3.8, 4) is 0 Å². The highest BCUT2D eigenvalue weighted by Gasteiger charge is 2.09. The summed E-state index contributed by atoms with van der Waals surface area (Å²) in [7, 11) is 0. The minimum Gasteiger partial charge on any atom is -0.397 e. The van der Waals surface area contributed by atoms with Gasteiger partial charge in [0.15, 0.2) is 0 Å². The van der Waals surface area contributed by atoms with E-state index in [0.29, 0.717) is 24.5 Å². The number of amides is 1. The van der Waals surface area contributed by atoms with Gasteiger partial charge in [0, 0.05) is 25.4 Å². The molecule has 0 unspecified atom stereocenters. The van der Waals surface area contributed by atoms with Gasteiger partial charge in [-0.3, -0.25) is 4.79 Å². The second kappa shape index (κ2) is 5.17. The van der Waals surface area contributed by atoms with Crippen LogP contribution in [0.25, 0.3) is 0 Å². The number of pyridine rings is 1. The number of rotatable bonds is 5. The highest BCUT2D eigenvalue weighted by atomic mass is 16.1. The molecule has 94 valence electrons. The van der Waals surface area contributed by atoms with Crippen LogP contribution in [-0.2, 0) is 6.42 Å². The van der Waals surface area contributed by atoms with E-state index in [4.69, 9.17) is 11.5 Å². The molecule has 0 spiro atoms. The zero-order chi connectivity index (χ0) is 13.0. The van der Waals surface area contributed by atoms with E-state index in [9.17, 15) is 4.79 Å². The van der Waals surface area contributed by atoms with E-state index >= 15 is 0 Å². The number of aromatic amines is 1. The first-order chi connectivity index (χ1) is 8.66. The number of primary amides is 1. The number of carbonyl (C=O) groups excluding carboxylic acids is 1. The third-order valence-electron chi connectivity index (χ3n) is 2.38. The van der Waals surface area contributed by atoms with Crippen LogP contribution in [0.2, 0.25) is 0 Å². The Morgan fingerprint density at radius 3 is 2.94 bits per heavy atom. The molecule has 0 aliphatic heterocycles. The number of nitrogens with two attached hydrogens (primary N) is 2. The van der Waals surface area contributed by atoms with Crippen LogP contribution in [0, 0.1) is 0 Å². The minimum absolute atomic E-state index is 0.287. The second-order valence-electron chi connectivity index (χ2n) is 3.74. The van der Waals surface area contributed by atoms with Gasteiger partial charge in [0.05, 0.1) is 17.4 Å². The molecule has 7 heteroatoms. The fourth-order valence-corrected chi connectivity index (χ4v) is 1.54. The smallest absolute Gasteiger partial charge is 0.252 e. The van der Waals surface area contributed by atoms with Gasteiger partial charge >= 0.3 is 0 Å². The molecule has 2 rings (SSSR count). The van der Waals surface area contributed by atoms with Crippen molar-refractivity contribution in [3.05, 3.63) is 36.0 Å². The summed E-state index contributed by atoms with van der Waals surface area (Å²) in [5.74, 6) is 0.733. The maximum absolute atomic E-state index is 11.2. The number of carbonyl (C=O) groups is 1. The Kier molecular flexibility index (Phi) is 3.42. The third kappa shape index (κ3) is 2.76. The van der Waals surface area contributed by atoms with Crippen LogP contribution in [0.3, 0.4) is 0 Å². The Bertz CT molecular complexity index is 536. The highest BCUT2D eigenvalue weighted by Crippen LogP contribution is 2.14. The van der Waals surface area contributed by atoms with Crippen LogP contribution >= 0.6 is 0 Å². The summed E-state index contributed by atoms with van der Waals surface area (Å²) in [5.41, 5.74) is 11.5. The van der Waals surface area contributed by atoms with Crippen molar-refractivity contribution in [2.75, 3.05) is 17.6 Å². The number of hydrogen-bond acceptors (Lipinski definition) is 5. The SMILES string of the molecule is NC(=O)c1cc(N)cnc1NCCc1ncc[nH]1. The maximum atomic E-state index is 11.2. The molecular weight excluding hydrogens is 232 g/mol. The summed E-state index contributed by atoms with van der Waals surface area (Å²) in [6.45, 7) is 0.588. The maximum Gasteiger partial charge on any atom is 0.252 e. The van der Waals surface area contributed by atoms with Crippen LogP contribution < -0.4 is 16.8 Å². The molecule has 0 aliphatic rings. The molecule has 0 aromatic carbocycles. The molecule has 2 heterocycles. The van der Waals surface area contributed by atoms with Crippen molar-refractivity contribution in [1.29, 1.82) is 0 Å². The van der Waals surface area contributed by atoms with Crippen molar-refractivity contribution >= 4 is 17.4 Å². The number of aromatic nitrogens is 3. The lowest BCUT2D eigenvalue weighted by atomic mass is 10.2. The number of anilines is 2. The van der Waals surface area contributed by atoms with E-state index in [1.807, 2.05) is 0 Å². The normalized spacial score (nSPS) is 10.2. The average Bonchev–Trinajstić information content (AvgIpc) is 2.84. The zero-order valence-electron chi connectivity index (χ0n) is 9.68. The van der Waals surface area contributed by atoms with Gasteiger partial charge in [0.25, 0.3) is 5.91 Å². The van der Waals surface area contributed by atoms with Gasteiger partial charge in [-0.1, -0.05) is 0 Å². The molecular formula is C11H14N6O. The summed E-state index contributed by atoms with van der Waals surface area (Å²) in [4.78, 5) is 22.4. The van der Waals surface area contributed by atoms with Crippen LogP contribution in [0.4, 0.5) is 11.5 Å². The Morgan fingerprint density at radius 1 is 1.44 bits per heavy atom. The Morgan fingerprint density at radius 2 is 2.28 bits per heavy atom. The first kappa shape index (κ1) is 11.9. The largest absolute Gasteiger partial charge is 0.397 e. The number of imidazole rings is 1. The molecule has 2 aromatic rings. The standard InChI is InChI=1S/C11H14N6O/c12-7-5-8(10(13)18)11(17-6-7)16-2-1-9-14-3-4-15-9/h3-6H,1-2,12H2,(H2,13,18)(H,14,15)(H,16,17). The predicted molar refractivity (Wildman–Crippen MR) is 67.9 cm³/mol. The zero-order valence-corrected chi connectivity index (χ0v) is 9.68. The van der Waals surface area contributed by atoms with E-state index in [2.05, 4.69) is 20.3 Å². The van der Waals surface area contributed by atoms with Gasteiger partial charge in [0.2, 0.25) is 0 Å². The van der Waals surface area contributed by atoms with Gasteiger partial charge in [-0.25, -0.2) is 9.97 Å². The molecule has 0 fully saturated rings. The number of H-pyrrole nitrogens is 1. The van der Waals surface area contributed by atoms with Crippen molar-refractivity contribution in [2.45, 2.75) is 6.42 Å². The number of nitrogens with zero attached hydrogens (tertiary/aromatic N) is 2. The monoisotopic (exact) mass is 246 g/mol. The second-order valence-corrected chi connectivity index (χ2v) is 3.74. The minimum atomic E-state index is -0.560. The Balaban J connectivity index is 2.02. The van der Waals surface area contributed by atoms with Gasteiger partial charge in [-0.2, -0.15) is 0 Å².